The van der Waals surface area contributed by atoms with Crippen molar-refractivity contribution >= 4 is 0 Å². The van der Waals surface area contributed by atoms with E-state index in [2.05, 4.69) is 48.6 Å². The summed E-state index contributed by atoms with van der Waals surface area (Å²) < 4.78 is 0. The summed E-state index contributed by atoms with van der Waals surface area (Å²) in [5.74, 6) is 1.30. The van der Waals surface area contributed by atoms with Gasteiger partial charge in [-0.2, -0.15) is 0 Å². The number of allylic oxidation sites excluding steroid dienone is 4. The first kappa shape index (κ1) is 6.41. The number of rotatable bonds is 1. The molecule has 0 heteroatoms. The topological polar surface area (TPSA) is 0 Å². The number of hydrogen-bond donors (Lipinski definition) is 0. The molecule has 0 heterocycles. The lowest BCUT2D eigenvalue weighted by molar-refractivity contribution is 1.39. The molecule has 0 aromatic heterocycles. The lowest BCUT2D eigenvalue weighted by atomic mass is 10.0. The van der Waals surface area contributed by atoms with Crippen LogP contribution in [-0.4, -0.2) is 0 Å². The predicted molar refractivity (Wildman–Crippen MR) is 47.1 cm³/mol. The Morgan fingerprint density at radius 1 is 0.727 bits per heavy atom. The van der Waals surface area contributed by atoms with Crippen molar-refractivity contribution in [2.45, 2.75) is 0 Å². The Balaban J connectivity index is 2.30. The fraction of sp³-hybridized carbons (Fsp3) is 0. The van der Waals surface area contributed by atoms with Crippen LogP contribution in [-0.2, 0) is 0 Å². The zero-order valence-corrected chi connectivity index (χ0v) is 6.20. The molecule has 0 aliphatic heterocycles. The van der Waals surface area contributed by atoms with Gasteiger partial charge in [0.2, 0.25) is 0 Å². The van der Waals surface area contributed by atoms with Crippen molar-refractivity contribution in [1.82, 2.24) is 0 Å². The summed E-state index contributed by atoms with van der Waals surface area (Å²) in [6.07, 6.45) is 8.36. The van der Waals surface area contributed by atoms with E-state index in [4.69, 9.17) is 0 Å². The summed E-state index contributed by atoms with van der Waals surface area (Å²) in [6, 6.07) is 10.4. The van der Waals surface area contributed by atoms with E-state index in [1.54, 1.807) is 0 Å². The van der Waals surface area contributed by atoms with E-state index in [0.717, 1.165) is 0 Å². The zero-order valence-electron chi connectivity index (χ0n) is 6.20. The lowest BCUT2D eigenvalue weighted by Crippen LogP contribution is -1.87. The molecule has 0 saturated heterocycles. The predicted octanol–water partition coefficient (Wildman–Crippen LogP) is 2.74. The van der Waals surface area contributed by atoms with Gasteiger partial charge in [0, 0.05) is 5.92 Å². The monoisotopic (exact) mass is 141 g/mol. The van der Waals surface area contributed by atoms with E-state index < -0.39 is 0 Å². The van der Waals surface area contributed by atoms with Gasteiger partial charge in [-0.05, 0) is 5.56 Å². The minimum atomic E-state index is 1.29. The Hall–Kier alpha value is -1.30. The van der Waals surface area contributed by atoms with Gasteiger partial charge in [-0.15, -0.1) is 0 Å². The fourth-order valence-corrected chi connectivity index (χ4v) is 1.20. The van der Waals surface area contributed by atoms with Gasteiger partial charge < -0.3 is 0 Å². The zero-order chi connectivity index (χ0) is 7.52. The molecule has 0 saturated carbocycles. The molecule has 0 fully saturated rings. The Morgan fingerprint density at radius 3 is 2.00 bits per heavy atom. The van der Waals surface area contributed by atoms with Crippen molar-refractivity contribution in [3.63, 3.8) is 0 Å². The Bertz CT molecular complexity index is 268. The number of hydrogen-bond acceptors (Lipinski definition) is 0. The van der Waals surface area contributed by atoms with E-state index in [1.165, 1.54) is 11.5 Å². The second-order valence-corrected chi connectivity index (χ2v) is 2.54. The normalized spacial score (nSPS) is 16.0. The summed E-state index contributed by atoms with van der Waals surface area (Å²) >= 11 is 0. The molecule has 11 heavy (non-hydrogen) atoms. The lowest BCUT2D eigenvalue weighted by Gasteiger charge is -2.02. The second-order valence-electron chi connectivity index (χ2n) is 2.54. The molecule has 1 aromatic rings. The van der Waals surface area contributed by atoms with Crippen LogP contribution in [0.2, 0.25) is 0 Å². The van der Waals surface area contributed by atoms with Crippen LogP contribution in [0, 0.1) is 5.92 Å². The number of benzene rings is 1. The first-order valence-electron chi connectivity index (χ1n) is 3.74. The first-order chi connectivity index (χ1) is 5.47. The van der Waals surface area contributed by atoms with Crippen molar-refractivity contribution < 1.29 is 0 Å². The van der Waals surface area contributed by atoms with Crippen molar-refractivity contribution in [3.05, 3.63) is 66.1 Å². The van der Waals surface area contributed by atoms with Gasteiger partial charge in [-0.3, -0.25) is 0 Å². The minimum absolute atomic E-state index is 1.29. The third-order valence-electron chi connectivity index (χ3n) is 1.77. The molecule has 0 nitrogen and oxygen atoms in total. The van der Waals surface area contributed by atoms with Crippen molar-refractivity contribution in [2.75, 3.05) is 0 Å². The SMILES string of the molecule is C1=C[C](c2ccccc2)C=C1. The van der Waals surface area contributed by atoms with Crippen LogP contribution in [0.25, 0.3) is 0 Å². The smallest absolute Gasteiger partial charge is 0.0485 e. The van der Waals surface area contributed by atoms with Gasteiger partial charge in [0.25, 0.3) is 0 Å². The summed E-state index contributed by atoms with van der Waals surface area (Å²) in [7, 11) is 0. The summed E-state index contributed by atoms with van der Waals surface area (Å²) in [5, 5.41) is 0. The summed E-state index contributed by atoms with van der Waals surface area (Å²) in [6.45, 7) is 0. The summed E-state index contributed by atoms with van der Waals surface area (Å²) in [4.78, 5) is 0. The third kappa shape index (κ3) is 1.25. The quantitative estimate of drug-likeness (QED) is 0.564. The molecule has 1 aliphatic carbocycles. The maximum atomic E-state index is 2.12. The molecule has 53 valence electrons. The van der Waals surface area contributed by atoms with Gasteiger partial charge in [-0.25, -0.2) is 0 Å². The van der Waals surface area contributed by atoms with Crippen molar-refractivity contribution in [2.24, 2.45) is 0 Å². The van der Waals surface area contributed by atoms with Crippen LogP contribution in [0.15, 0.2) is 54.6 Å². The average molecular weight is 141 g/mol. The maximum absolute atomic E-state index is 2.12. The van der Waals surface area contributed by atoms with Crippen molar-refractivity contribution in [3.8, 4) is 0 Å². The van der Waals surface area contributed by atoms with E-state index in [-0.39, 0.29) is 0 Å². The van der Waals surface area contributed by atoms with Gasteiger partial charge in [0.15, 0.2) is 0 Å². The standard InChI is InChI=1S/C11H9/c1-2-6-10(7-3-1)11-8-4-5-9-11/h1-9H. The van der Waals surface area contributed by atoms with Crippen LogP contribution in [0.5, 0.6) is 0 Å². The highest BCUT2D eigenvalue weighted by Gasteiger charge is 2.05. The molecule has 1 aliphatic rings. The van der Waals surface area contributed by atoms with Crippen LogP contribution in [0.3, 0.4) is 0 Å². The summed E-state index contributed by atoms with van der Waals surface area (Å²) in [5.41, 5.74) is 1.29. The van der Waals surface area contributed by atoms with Gasteiger partial charge in [-0.1, -0.05) is 54.6 Å². The van der Waals surface area contributed by atoms with Crippen LogP contribution < -0.4 is 0 Å². The second kappa shape index (κ2) is 2.75. The highest BCUT2D eigenvalue weighted by Crippen LogP contribution is 2.20. The molecule has 0 unspecified atom stereocenters. The molecule has 2 rings (SSSR count). The minimum Gasteiger partial charge on any atom is -0.0687 e. The van der Waals surface area contributed by atoms with Gasteiger partial charge in [0.1, 0.15) is 0 Å². The molecule has 0 amide bonds. The van der Waals surface area contributed by atoms with E-state index >= 15 is 0 Å². The van der Waals surface area contributed by atoms with Crippen LogP contribution in [0.1, 0.15) is 5.56 Å². The molecule has 0 spiro atoms. The van der Waals surface area contributed by atoms with Gasteiger partial charge in [0.05, 0.1) is 0 Å². The Labute approximate surface area is 66.9 Å². The van der Waals surface area contributed by atoms with E-state index in [1.807, 2.05) is 6.07 Å². The highest BCUT2D eigenvalue weighted by molar-refractivity contribution is 5.48. The van der Waals surface area contributed by atoms with Crippen molar-refractivity contribution in [1.29, 1.82) is 0 Å². The van der Waals surface area contributed by atoms with Crippen LogP contribution in [0.4, 0.5) is 0 Å². The molecule has 1 aromatic carbocycles. The van der Waals surface area contributed by atoms with Crippen LogP contribution >= 0.6 is 0 Å². The van der Waals surface area contributed by atoms with E-state index in [9.17, 15) is 0 Å². The average Bonchev–Trinajstić information content (AvgIpc) is 2.58. The third-order valence-corrected chi connectivity index (χ3v) is 1.77. The Morgan fingerprint density at radius 2 is 1.36 bits per heavy atom. The molecule has 0 bridgehead atoms. The highest BCUT2D eigenvalue weighted by atomic mass is 14.1. The molecular weight excluding hydrogens is 132 g/mol. The molecular formula is C11H9. The Kier molecular flexibility index (Phi) is 1.60. The van der Waals surface area contributed by atoms with Gasteiger partial charge >= 0.3 is 0 Å². The van der Waals surface area contributed by atoms with E-state index in [0.29, 0.717) is 0 Å². The fourth-order valence-electron chi connectivity index (χ4n) is 1.20. The molecule has 1 radical (unpaired) electrons. The first-order valence-corrected chi connectivity index (χ1v) is 3.74. The molecule has 0 atom stereocenters. The maximum Gasteiger partial charge on any atom is 0.0485 e. The molecule has 0 N–H and O–H groups in total. The largest absolute Gasteiger partial charge is 0.0687 e.